The molecule has 0 heterocycles. The number of ether oxygens (including phenoxy) is 2. The fourth-order valence-corrected chi connectivity index (χ4v) is 3.38. The lowest BCUT2D eigenvalue weighted by Crippen LogP contribution is -2.51. The Hall–Kier alpha value is -3.02. The highest BCUT2D eigenvalue weighted by Gasteiger charge is 2.29. The smallest absolute Gasteiger partial charge is 0.261 e. The molecule has 0 saturated carbocycles. The molecule has 2 unspecified atom stereocenters. The van der Waals surface area contributed by atoms with E-state index in [4.69, 9.17) is 9.47 Å². The molecule has 32 heavy (non-hydrogen) atoms. The summed E-state index contributed by atoms with van der Waals surface area (Å²) < 4.78 is 11.1. The zero-order valence-electron chi connectivity index (χ0n) is 19.9. The van der Waals surface area contributed by atoms with Crippen LogP contribution in [0.5, 0.6) is 11.5 Å². The van der Waals surface area contributed by atoms with Gasteiger partial charge >= 0.3 is 0 Å². The maximum Gasteiger partial charge on any atom is 0.261 e. The average molecular weight is 441 g/mol. The van der Waals surface area contributed by atoms with Crippen LogP contribution in [0.1, 0.15) is 51.7 Å². The molecule has 0 aliphatic heterocycles. The second kappa shape index (κ2) is 12.7. The number of nitrogens with one attached hydrogen (secondary N) is 1. The number of hydrogen-bond acceptors (Lipinski definition) is 4. The number of carbonyl (C=O) groups excluding carboxylic acids is 2. The van der Waals surface area contributed by atoms with E-state index < -0.39 is 6.04 Å². The Morgan fingerprint density at radius 2 is 1.69 bits per heavy atom. The number of carbonyl (C=O) groups is 2. The van der Waals surface area contributed by atoms with Crippen molar-refractivity contribution < 1.29 is 19.1 Å². The molecular formula is C26H36N2O4. The van der Waals surface area contributed by atoms with Crippen LogP contribution in [0, 0.1) is 0 Å². The molecule has 0 aromatic heterocycles. The van der Waals surface area contributed by atoms with E-state index in [9.17, 15) is 9.59 Å². The summed E-state index contributed by atoms with van der Waals surface area (Å²) in [5.41, 5.74) is 2.09. The number of nitrogens with zero attached hydrogens (tertiary/aromatic N) is 1. The Kier molecular flexibility index (Phi) is 10.1. The first kappa shape index (κ1) is 25.2. The van der Waals surface area contributed by atoms with Gasteiger partial charge in [0.2, 0.25) is 5.91 Å². The quantitative estimate of drug-likeness (QED) is 0.533. The average Bonchev–Trinajstić information content (AvgIpc) is 2.82. The number of benzene rings is 2. The lowest BCUT2D eigenvalue weighted by atomic mass is 10.1. The molecule has 0 fully saturated rings. The van der Waals surface area contributed by atoms with Crippen molar-refractivity contribution >= 4 is 11.8 Å². The van der Waals surface area contributed by atoms with Crippen molar-refractivity contribution in [3.05, 3.63) is 59.7 Å². The largest absolute Gasteiger partial charge is 0.497 e. The summed E-state index contributed by atoms with van der Waals surface area (Å²) in [5, 5.41) is 3.01. The van der Waals surface area contributed by atoms with Crippen molar-refractivity contribution in [3.63, 3.8) is 0 Å². The van der Waals surface area contributed by atoms with Crippen LogP contribution in [0.2, 0.25) is 0 Å². The van der Waals surface area contributed by atoms with E-state index in [1.807, 2.05) is 69.3 Å². The number of rotatable bonds is 12. The summed E-state index contributed by atoms with van der Waals surface area (Å²) in [7, 11) is 1.61. The maximum absolute atomic E-state index is 13.2. The molecule has 0 bridgehead atoms. The molecule has 2 atom stereocenters. The third-order valence-corrected chi connectivity index (χ3v) is 5.57. The summed E-state index contributed by atoms with van der Waals surface area (Å²) >= 11 is 0. The summed E-state index contributed by atoms with van der Waals surface area (Å²) in [6.45, 7) is 8.13. The van der Waals surface area contributed by atoms with Crippen molar-refractivity contribution in [2.24, 2.45) is 0 Å². The Bertz CT molecular complexity index is 866. The minimum Gasteiger partial charge on any atom is -0.497 e. The molecule has 2 aromatic rings. The zero-order chi connectivity index (χ0) is 23.5. The first-order valence-electron chi connectivity index (χ1n) is 11.4. The molecular weight excluding hydrogens is 404 g/mol. The Morgan fingerprint density at radius 3 is 2.28 bits per heavy atom. The number of hydrogen-bond donors (Lipinski definition) is 1. The van der Waals surface area contributed by atoms with E-state index in [1.54, 1.807) is 12.0 Å². The van der Waals surface area contributed by atoms with Gasteiger partial charge < -0.3 is 19.7 Å². The van der Waals surface area contributed by atoms with Gasteiger partial charge in [0, 0.05) is 12.6 Å². The van der Waals surface area contributed by atoms with Gasteiger partial charge in [-0.3, -0.25) is 9.59 Å². The highest BCUT2D eigenvalue weighted by molar-refractivity contribution is 5.88. The van der Waals surface area contributed by atoms with Crippen molar-refractivity contribution in [3.8, 4) is 11.5 Å². The van der Waals surface area contributed by atoms with Crippen molar-refractivity contribution in [2.75, 3.05) is 13.7 Å². The van der Waals surface area contributed by atoms with Gasteiger partial charge in [0.05, 0.1) is 7.11 Å². The fourth-order valence-electron chi connectivity index (χ4n) is 3.38. The molecule has 2 aromatic carbocycles. The molecule has 0 aliphatic rings. The predicted octanol–water partition coefficient (Wildman–Crippen LogP) is 4.36. The summed E-state index contributed by atoms with van der Waals surface area (Å²) in [5.74, 6) is 0.956. The van der Waals surface area contributed by atoms with Crippen LogP contribution in [-0.2, 0) is 22.6 Å². The maximum atomic E-state index is 13.2. The van der Waals surface area contributed by atoms with Crippen LogP contribution >= 0.6 is 0 Å². The fraction of sp³-hybridized carbons (Fsp3) is 0.462. The first-order valence-corrected chi connectivity index (χ1v) is 11.4. The molecule has 0 spiro atoms. The van der Waals surface area contributed by atoms with Gasteiger partial charge in [-0.05, 0) is 61.6 Å². The topological polar surface area (TPSA) is 67.9 Å². The monoisotopic (exact) mass is 440 g/mol. The zero-order valence-corrected chi connectivity index (χ0v) is 19.9. The van der Waals surface area contributed by atoms with Crippen LogP contribution in [-0.4, -0.2) is 42.5 Å². The number of amides is 2. The molecule has 0 saturated heterocycles. The minimum atomic E-state index is -0.589. The van der Waals surface area contributed by atoms with E-state index in [1.165, 1.54) is 5.56 Å². The van der Waals surface area contributed by atoms with E-state index in [2.05, 4.69) is 12.2 Å². The lowest BCUT2D eigenvalue weighted by Gasteiger charge is -2.31. The van der Waals surface area contributed by atoms with Gasteiger partial charge in [0.25, 0.3) is 5.91 Å². The van der Waals surface area contributed by atoms with E-state index in [0.29, 0.717) is 24.5 Å². The normalized spacial score (nSPS) is 12.5. The molecule has 0 radical (unpaired) electrons. The highest BCUT2D eigenvalue weighted by Crippen LogP contribution is 2.18. The van der Waals surface area contributed by atoms with Crippen molar-refractivity contribution in [2.45, 2.75) is 65.6 Å². The molecule has 174 valence electrons. The summed E-state index contributed by atoms with van der Waals surface area (Å²) in [6, 6.07) is 14.7. The van der Waals surface area contributed by atoms with Crippen molar-refractivity contribution in [1.29, 1.82) is 0 Å². The third kappa shape index (κ3) is 7.29. The van der Waals surface area contributed by atoms with Gasteiger partial charge in [-0.1, -0.05) is 45.0 Å². The van der Waals surface area contributed by atoms with Gasteiger partial charge in [-0.15, -0.1) is 0 Å². The Labute approximate surface area is 191 Å². The van der Waals surface area contributed by atoms with Gasteiger partial charge in [0.15, 0.2) is 6.61 Å². The minimum absolute atomic E-state index is 0.0404. The highest BCUT2D eigenvalue weighted by atomic mass is 16.5. The van der Waals surface area contributed by atoms with E-state index in [-0.39, 0.29) is 24.5 Å². The number of methoxy groups -OCH3 is 1. The SMILES string of the molecule is CCc1ccc(OCC(=O)N(Cc2cccc(OC)c2)C(CC)C(=O)NC(C)CC)cc1. The van der Waals surface area contributed by atoms with Crippen LogP contribution in [0.3, 0.4) is 0 Å². The number of aryl methyl sites for hydroxylation is 1. The third-order valence-electron chi connectivity index (χ3n) is 5.57. The first-order chi connectivity index (χ1) is 15.4. The Morgan fingerprint density at radius 1 is 0.969 bits per heavy atom. The molecule has 6 nitrogen and oxygen atoms in total. The van der Waals surface area contributed by atoms with Crippen LogP contribution < -0.4 is 14.8 Å². The van der Waals surface area contributed by atoms with Gasteiger partial charge in [-0.25, -0.2) is 0 Å². The lowest BCUT2D eigenvalue weighted by molar-refractivity contribution is -0.143. The van der Waals surface area contributed by atoms with Crippen LogP contribution in [0.25, 0.3) is 0 Å². The molecule has 2 rings (SSSR count). The summed E-state index contributed by atoms with van der Waals surface area (Å²) in [6.07, 6.45) is 2.27. The van der Waals surface area contributed by atoms with E-state index >= 15 is 0 Å². The van der Waals surface area contributed by atoms with Crippen LogP contribution in [0.4, 0.5) is 0 Å². The predicted molar refractivity (Wildman–Crippen MR) is 127 cm³/mol. The summed E-state index contributed by atoms with van der Waals surface area (Å²) in [4.78, 5) is 27.8. The van der Waals surface area contributed by atoms with Crippen LogP contribution in [0.15, 0.2) is 48.5 Å². The molecule has 2 amide bonds. The van der Waals surface area contributed by atoms with Gasteiger partial charge in [0.1, 0.15) is 17.5 Å². The van der Waals surface area contributed by atoms with Crippen molar-refractivity contribution in [1.82, 2.24) is 10.2 Å². The van der Waals surface area contributed by atoms with E-state index in [0.717, 1.165) is 18.4 Å². The van der Waals surface area contributed by atoms with Gasteiger partial charge in [-0.2, -0.15) is 0 Å². The molecule has 1 N–H and O–H groups in total. The molecule has 6 heteroatoms. The second-order valence-corrected chi connectivity index (χ2v) is 7.90. The Balaban J connectivity index is 2.21. The second-order valence-electron chi connectivity index (χ2n) is 7.90. The molecule has 0 aliphatic carbocycles. The standard InChI is InChI=1S/C26H36N2O4/c1-6-19(4)27-26(30)24(8-3)28(17-21-10-9-11-23(16-21)31-5)25(29)18-32-22-14-12-20(7-2)13-15-22/h9-16,19,24H,6-8,17-18H2,1-5H3,(H,27,30).